The highest BCUT2D eigenvalue weighted by Crippen LogP contribution is 2.31. The van der Waals surface area contributed by atoms with Crippen LogP contribution in [0.1, 0.15) is 28.7 Å². The lowest BCUT2D eigenvalue weighted by molar-refractivity contribution is 0.146. The predicted octanol–water partition coefficient (Wildman–Crippen LogP) is 3.19. The predicted molar refractivity (Wildman–Crippen MR) is 74.3 cm³/mol. The van der Waals surface area contributed by atoms with Crippen LogP contribution in [-0.2, 0) is 0 Å². The van der Waals surface area contributed by atoms with Crippen molar-refractivity contribution in [3.05, 3.63) is 70.5 Å². The van der Waals surface area contributed by atoms with Crippen molar-refractivity contribution >= 4 is 0 Å². The normalized spacial score (nSPS) is 14.0. The van der Waals surface area contributed by atoms with E-state index in [0.29, 0.717) is 0 Å². The van der Waals surface area contributed by atoms with Gasteiger partial charge < -0.3 is 10.8 Å². The Morgan fingerprint density at radius 1 is 1.05 bits per heavy atom. The molecule has 0 spiro atoms. The SMILES string of the molecule is Cc1cccc(C(CN)C(O)c2cc(F)c(F)c(F)c2)c1. The molecule has 0 heterocycles. The number of aliphatic hydroxyl groups excluding tert-OH is 1. The molecule has 0 amide bonds. The average Bonchev–Trinajstić information content (AvgIpc) is 2.45. The molecule has 2 nitrogen and oxygen atoms in total. The van der Waals surface area contributed by atoms with E-state index < -0.39 is 29.5 Å². The van der Waals surface area contributed by atoms with E-state index in [4.69, 9.17) is 5.73 Å². The van der Waals surface area contributed by atoms with Gasteiger partial charge in [-0.3, -0.25) is 0 Å². The van der Waals surface area contributed by atoms with E-state index in [-0.39, 0.29) is 12.1 Å². The number of nitrogens with two attached hydrogens (primary N) is 1. The maximum atomic E-state index is 13.3. The van der Waals surface area contributed by atoms with Gasteiger partial charge in [0, 0.05) is 12.5 Å². The summed E-state index contributed by atoms with van der Waals surface area (Å²) >= 11 is 0. The minimum atomic E-state index is -1.55. The van der Waals surface area contributed by atoms with E-state index in [0.717, 1.165) is 23.3 Å². The Hall–Kier alpha value is -1.85. The van der Waals surface area contributed by atoms with Crippen molar-refractivity contribution in [2.75, 3.05) is 6.54 Å². The largest absolute Gasteiger partial charge is 0.388 e. The Kier molecular flexibility index (Phi) is 4.65. The monoisotopic (exact) mass is 295 g/mol. The van der Waals surface area contributed by atoms with Crippen LogP contribution in [-0.4, -0.2) is 11.7 Å². The van der Waals surface area contributed by atoms with Crippen LogP contribution in [0.4, 0.5) is 13.2 Å². The third-order valence-corrected chi connectivity index (χ3v) is 3.45. The van der Waals surface area contributed by atoms with Crippen molar-refractivity contribution in [2.45, 2.75) is 18.9 Å². The summed E-state index contributed by atoms with van der Waals surface area (Å²) < 4.78 is 39.5. The fourth-order valence-electron chi connectivity index (χ4n) is 2.33. The zero-order valence-corrected chi connectivity index (χ0v) is 11.5. The van der Waals surface area contributed by atoms with Crippen LogP contribution in [0, 0.1) is 24.4 Å². The van der Waals surface area contributed by atoms with E-state index in [1.807, 2.05) is 25.1 Å². The van der Waals surface area contributed by atoms with Crippen molar-refractivity contribution in [1.82, 2.24) is 0 Å². The van der Waals surface area contributed by atoms with Crippen LogP contribution in [0.3, 0.4) is 0 Å². The van der Waals surface area contributed by atoms with Crippen LogP contribution >= 0.6 is 0 Å². The molecule has 0 fully saturated rings. The molecule has 2 aromatic rings. The molecule has 2 rings (SSSR count). The number of rotatable bonds is 4. The second-order valence-electron chi connectivity index (χ2n) is 5.00. The Balaban J connectivity index is 2.39. The first kappa shape index (κ1) is 15.5. The molecule has 3 N–H and O–H groups in total. The molecule has 0 aliphatic rings. The van der Waals surface area contributed by atoms with Gasteiger partial charge in [0.15, 0.2) is 17.5 Å². The molecule has 0 aliphatic carbocycles. The van der Waals surface area contributed by atoms with Gasteiger partial charge in [-0.05, 0) is 30.2 Å². The molecular weight excluding hydrogens is 279 g/mol. The molecule has 2 atom stereocenters. The minimum absolute atomic E-state index is 0.0386. The zero-order valence-electron chi connectivity index (χ0n) is 11.5. The number of aryl methyl sites for hydroxylation is 1. The molecule has 0 radical (unpaired) electrons. The Morgan fingerprint density at radius 3 is 2.19 bits per heavy atom. The molecule has 0 saturated heterocycles. The first-order valence-electron chi connectivity index (χ1n) is 6.53. The van der Waals surface area contributed by atoms with Crippen molar-refractivity contribution in [3.63, 3.8) is 0 Å². The second-order valence-corrected chi connectivity index (χ2v) is 5.00. The van der Waals surface area contributed by atoms with Gasteiger partial charge in [-0.15, -0.1) is 0 Å². The molecule has 112 valence electrons. The molecule has 2 unspecified atom stereocenters. The summed E-state index contributed by atoms with van der Waals surface area (Å²) in [5.74, 6) is -4.74. The lowest BCUT2D eigenvalue weighted by Gasteiger charge is -2.23. The van der Waals surface area contributed by atoms with Gasteiger partial charge in [-0.2, -0.15) is 0 Å². The number of benzene rings is 2. The van der Waals surface area contributed by atoms with Gasteiger partial charge in [-0.25, -0.2) is 13.2 Å². The van der Waals surface area contributed by atoms with E-state index in [1.165, 1.54) is 0 Å². The zero-order chi connectivity index (χ0) is 15.6. The summed E-state index contributed by atoms with van der Waals surface area (Å²) in [7, 11) is 0. The van der Waals surface area contributed by atoms with Gasteiger partial charge in [0.05, 0.1) is 6.10 Å². The lowest BCUT2D eigenvalue weighted by atomic mass is 9.88. The summed E-state index contributed by atoms with van der Waals surface area (Å²) in [5.41, 5.74) is 7.38. The van der Waals surface area contributed by atoms with Crippen LogP contribution in [0.2, 0.25) is 0 Å². The summed E-state index contributed by atoms with van der Waals surface area (Å²) in [6.45, 7) is 1.98. The number of halogens is 3. The number of hydrogen-bond donors (Lipinski definition) is 2. The standard InChI is InChI=1S/C16H16F3NO/c1-9-3-2-4-10(5-9)12(8-20)16(21)11-6-13(17)15(19)14(18)7-11/h2-7,12,16,21H,8,20H2,1H3. The second kappa shape index (κ2) is 6.28. The molecule has 5 heteroatoms. The highest BCUT2D eigenvalue weighted by molar-refractivity contribution is 5.30. The van der Waals surface area contributed by atoms with Crippen LogP contribution in [0.15, 0.2) is 36.4 Å². The summed E-state index contributed by atoms with van der Waals surface area (Å²) in [6, 6.07) is 8.91. The topological polar surface area (TPSA) is 46.2 Å². The van der Waals surface area contributed by atoms with Gasteiger partial charge >= 0.3 is 0 Å². The van der Waals surface area contributed by atoms with Gasteiger partial charge in [0.2, 0.25) is 0 Å². The van der Waals surface area contributed by atoms with Crippen LogP contribution < -0.4 is 5.73 Å². The average molecular weight is 295 g/mol. The fraction of sp³-hybridized carbons (Fsp3) is 0.250. The van der Waals surface area contributed by atoms with Crippen molar-refractivity contribution < 1.29 is 18.3 Å². The van der Waals surface area contributed by atoms with Crippen molar-refractivity contribution in [1.29, 1.82) is 0 Å². The van der Waals surface area contributed by atoms with E-state index in [9.17, 15) is 18.3 Å². The summed E-state index contributed by atoms with van der Waals surface area (Å²) in [4.78, 5) is 0. The lowest BCUT2D eigenvalue weighted by Crippen LogP contribution is -2.20. The molecule has 21 heavy (non-hydrogen) atoms. The van der Waals surface area contributed by atoms with Gasteiger partial charge in [0.25, 0.3) is 0 Å². The summed E-state index contributed by atoms with van der Waals surface area (Å²) in [5, 5.41) is 10.3. The highest BCUT2D eigenvalue weighted by atomic mass is 19.2. The highest BCUT2D eigenvalue weighted by Gasteiger charge is 2.24. The van der Waals surface area contributed by atoms with E-state index in [1.54, 1.807) is 6.07 Å². The van der Waals surface area contributed by atoms with Gasteiger partial charge in [0.1, 0.15) is 0 Å². The summed E-state index contributed by atoms with van der Waals surface area (Å²) in [6.07, 6.45) is -1.22. The molecule has 0 bridgehead atoms. The van der Waals surface area contributed by atoms with Crippen LogP contribution in [0.25, 0.3) is 0 Å². The molecule has 2 aromatic carbocycles. The quantitative estimate of drug-likeness (QED) is 0.851. The maximum Gasteiger partial charge on any atom is 0.194 e. The minimum Gasteiger partial charge on any atom is -0.388 e. The Labute approximate surface area is 121 Å². The fourth-order valence-corrected chi connectivity index (χ4v) is 2.33. The number of hydrogen-bond acceptors (Lipinski definition) is 2. The van der Waals surface area contributed by atoms with E-state index in [2.05, 4.69) is 0 Å². The Morgan fingerprint density at radius 2 is 1.67 bits per heavy atom. The number of aliphatic hydroxyl groups is 1. The molecular formula is C16H16F3NO. The Bertz CT molecular complexity index is 622. The third kappa shape index (κ3) is 3.25. The van der Waals surface area contributed by atoms with Gasteiger partial charge in [-0.1, -0.05) is 29.8 Å². The van der Waals surface area contributed by atoms with Crippen molar-refractivity contribution in [3.8, 4) is 0 Å². The third-order valence-electron chi connectivity index (χ3n) is 3.45. The van der Waals surface area contributed by atoms with Crippen molar-refractivity contribution in [2.24, 2.45) is 5.73 Å². The maximum absolute atomic E-state index is 13.3. The first-order valence-corrected chi connectivity index (χ1v) is 6.53. The van der Waals surface area contributed by atoms with Crippen LogP contribution in [0.5, 0.6) is 0 Å². The molecule has 0 aliphatic heterocycles. The first-order chi connectivity index (χ1) is 9.93. The van der Waals surface area contributed by atoms with E-state index >= 15 is 0 Å². The smallest absolute Gasteiger partial charge is 0.194 e. The molecule has 0 aromatic heterocycles. The molecule has 0 saturated carbocycles.